The van der Waals surface area contributed by atoms with Gasteiger partial charge in [0.15, 0.2) is 0 Å². The molecule has 0 aromatic heterocycles. The molecule has 1 heterocycles. The highest BCUT2D eigenvalue weighted by atomic mass is 19.4. The third-order valence-corrected chi connectivity index (χ3v) is 1.88. The van der Waals surface area contributed by atoms with Gasteiger partial charge >= 0.3 is 6.18 Å². The molecule has 2 nitrogen and oxygen atoms in total. The van der Waals surface area contributed by atoms with Gasteiger partial charge in [-0.2, -0.15) is 13.2 Å². The van der Waals surface area contributed by atoms with Crippen LogP contribution in [0.3, 0.4) is 0 Å². The maximum Gasteiger partial charge on any atom is 0.405 e. The Labute approximate surface area is 69.5 Å². The molecule has 1 rings (SSSR count). The van der Waals surface area contributed by atoms with E-state index in [1.807, 2.05) is 0 Å². The van der Waals surface area contributed by atoms with Crippen LogP contribution < -0.4 is 10.6 Å². The van der Waals surface area contributed by atoms with E-state index in [1.54, 1.807) is 13.8 Å². The smallest absolute Gasteiger partial charge is 0.313 e. The molecule has 0 spiro atoms. The summed E-state index contributed by atoms with van der Waals surface area (Å²) in [5, 5.41) is 5.29. The highest BCUT2D eigenvalue weighted by Crippen LogP contribution is 2.23. The highest BCUT2D eigenvalue weighted by Gasteiger charge is 2.43. The van der Waals surface area contributed by atoms with Gasteiger partial charge in [0.05, 0.1) is 0 Å². The minimum absolute atomic E-state index is 0.0348. The van der Waals surface area contributed by atoms with Crippen LogP contribution in [0.5, 0.6) is 0 Å². The Bertz CT molecular complexity index is 161. The molecule has 0 aliphatic carbocycles. The summed E-state index contributed by atoms with van der Waals surface area (Å²) in [7, 11) is 0. The van der Waals surface area contributed by atoms with Crippen LogP contribution in [0.15, 0.2) is 0 Å². The van der Waals surface area contributed by atoms with Crippen LogP contribution in [0.1, 0.15) is 13.8 Å². The lowest BCUT2D eigenvalue weighted by atomic mass is 10.0. The molecule has 0 radical (unpaired) electrons. The summed E-state index contributed by atoms with van der Waals surface area (Å²) in [5.41, 5.74) is -0.474. The van der Waals surface area contributed by atoms with Crippen LogP contribution in [-0.2, 0) is 0 Å². The van der Waals surface area contributed by atoms with Crippen molar-refractivity contribution in [1.29, 1.82) is 0 Å². The molecule has 1 fully saturated rings. The molecule has 72 valence electrons. The normalized spacial score (nSPS) is 30.2. The van der Waals surface area contributed by atoms with E-state index in [4.69, 9.17) is 0 Å². The van der Waals surface area contributed by atoms with E-state index in [0.29, 0.717) is 6.54 Å². The molecule has 1 aliphatic heterocycles. The van der Waals surface area contributed by atoms with Crippen LogP contribution in [0.25, 0.3) is 0 Å². The first kappa shape index (κ1) is 9.80. The minimum atomic E-state index is -4.15. The molecule has 0 bridgehead atoms. The predicted octanol–water partition coefficient (Wildman–Crippen LogP) is 0.889. The third-order valence-electron chi connectivity index (χ3n) is 1.88. The van der Waals surface area contributed by atoms with E-state index in [9.17, 15) is 13.2 Å². The maximum absolute atomic E-state index is 12.2. The lowest BCUT2D eigenvalue weighted by Crippen LogP contribution is -2.65. The number of nitrogens with one attached hydrogen (secondary N) is 2. The zero-order chi connectivity index (χ0) is 9.41. The van der Waals surface area contributed by atoms with Crippen molar-refractivity contribution in [2.45, 2.75) is 31.6 Å². The molecule has 1 unspecified atom stereocenters. The minimum Gasteiger partial charge on any atom is -0.313 e. The Morgan fingerprint density at radius 1 is 1.33 bits per heavy atom. The lowest BCUT2D eigenvalue weighted by molar-refractivity contribution is -0.163. The Balaban J connectivity index is 2.58. The van der Waals surface area contributed by atoms with E-state index in [0.717, 1.165) is 0 Å². The predicted molar refractivity (Wildman–Crippen MR) is 39.9 cm³/mol. The second-order valence-electron chi connectivity index (χ2n) is 3.75. The van der Waals surface area contributed by atoms with Crippen LogP contribution in [0.4, 0.5) is 13.2 Å². The Morgan fingerprint density at radius 2 is 1.92 bits per heavy atom. The van der Waals surface area contributed by atoms with Gasteiger partial charge in [-0.05, 0) is 13.8 Å². The fraction of sp³-hybridized carbons (Fsp3) is 1.00. The van der Waals surface area contributed by atoms with Crippen LogP contribution in [0.2, 0.25) is 0 Å². The summed E-state index contributed by atoms with van der Waals surface area (Å²) >= 11 is 0. The Kier molecular flexibility index (Phi) is 2.35. The van der Waals surface area contributed by atoms with Gasteiger partial charge in [-0.15, -0.1) is 0 Å². The standard InChI is InChI=1S/C7H13F3N2/c1-6(2)4-11-3-5(12-6)7(8,9)10/h5,11-12H,3-4H2,1-2H3. The van der Waals surface area contributed by atoms with Crippen molar-refractivity contribution in [1.82, 2.24) is 10.6 Å². The Hall–Kier alpha value is -0.290. The topological polar surface area (TPSA) is 24.1 Å². The van der Waals surface area contributed by atoms with Gasteiger partial charge in [-0.25, -0.2) is 0 Å². The van der Waals surface area contributed by atoms with Crippen molar-refractivity contribution in [2.24, 2.45) is 0 Å². The Morgan fingerprint density at radius 3 is 2.25 bits per heavy atom. The highest BCUT2D eigenvalue weighted by molar-refractivity contribution is 4.93. The van der Waals surface area contributed by atoms with Gasteiger partial charge in [-0.3, -0.25) is 5.32 Å². The summed E-state index contributed by atoms with van der Waals surface area (Å²) < 4.78 is 36.5. The molecule has 0 amide bonds. The number of hydrogen-bond donors (Lipinski definition) is 2. The lowest BCUT2D eigenvalue weighted by Gasteiger charge is -2.38. The first-order chi connectivity index (χ1) is 5.31. The number of hydrogen-bond acceptors (Lipinski definition) is 2. The van der Waals surface area contributed by atoms with Crippen molar-refractivity contribution in [3.05, 3.63) is 0 Å². The van der Waals surface area contributed by atoms with Gasteiger partial charge in [0, 0.05) is 18.6 Å². The average molecular weight is 182 g/mol. The number of halogens is 3. The molecule has 1 atom stereocenters. The summed E-state index contributed by atoms with van der Waals surface area (Å²) in [5.74, 6) is 0. The molecule has 12 heavy (non-hydrogen) atoms. The van der Waals surface area contributed by atoms with E-state index < -0.39 is 17.8 Å². The SMILES string of the molecule is CC1(C)CNCC(C(F)(F)F)N1. The van der Waals surface area contributed by atoms with E-state index in [1.165, 1.54) is 0 Å². The molecular weight excluding hydrogens is 169 g/mol. The summed E-state index contributed by atoms with van der Waals surface area (Å²) in [6, 6.07) is -1.42. The van der Waals surface area contributed by atoms with Gasteiger partial charge in [0.2, 0.25) is 0 Å². The molecule has 5 heteroatoms. The summed E-state index contributed by atoms with van der Waals surface area (Å²) in [6.45, 7) is 4.03. The van der Waals surface area contributed by atoms with Gasteiger partial charge in [0.1, 0.15) is 6.04 Å². The molecule has 1 aliphatic rings. The van der Waals surface area contributed by atoms with Gasteiger partial charge in [0.25, 0.3) is 0 Å². The maximum atomic E-state index is 12.2. The second-order valence-corrected chi connectivity index (χ2v) is 3.75. The number of alkyl halides is 3. The third kappa shape index (κ3) is 2.35. The van der Waals surface area contributed by atoms with Crippen molar-refractivity contribution in [3.63, 3.8) is 0 Å². The van der Waals surface area contributed by atoms with Crippen molar-refractivity contribution < 1.29 is 13.2 Å². The quantitative estimate of drug-likeness (QED) is 0.581. The number of piperazine rings is 1. The van der Waals surface area contributed by atoms with Gasteiger partial charge < -0.3 is 5.32 Å². The zero-order valence-corrected chi connectivity index (χ0v) is 7.13. The first-order valence-electron chi connectivity index (χ1n) is 3.86. The monoisotopic (exact) mass is 182 g/mol. The van der Waals surface area contributed by atoms with Gasteiger partial charge in [-0.1, -0.05) is 0 Å². The molecule has 0 aromatic carbocycles. The van der Waals surface area contributed by atoms with Crippen molar-refractivity contribution >= 4 is 0 Å². The average Bonchev–Trinajstić information content (AvgIpc) is 1.83. The molecular formula is C7H13F3N2. The van der Waals surface area contributed by atoms with Crippen LogP contribution in [0, 0.1) is 0 Å². The summed E-state index contributed by atoms with van der Waals surface area (Å²) in [4.78, 5) is 0. The van der Waals surface area contributed by atoms with E-state index in [2.05, 4.69) is 10.6 Å². The second kappa shape index (κ2) is 2.88. The fourth-order valence-electron chi connectivity index (χ4n) is 1.30. The summed E-state index contributed by atoms with van der Waals surface area (Å²) in [6.07, 6.45) is -4.15. The van der Waals surface area contributed by atoms with E-state index >= 15 is 0 Å². The van der Waals surface area contributed by atoms with Crippen molar-refractivity contribution in [3.8, 4) is 0 Å². The molecule has 2 N–H and O–H groups in total. The molecule has 1 saturated heterocycles. The zero-order valence-electron chi connectivity index (χ0n) is 7.13. The fourth-order valence-corrected chi connectivity index (χ4v) is 1.30. The number of rotatable bonds is 0. The van der Waals surface area contributed by atoms with Crippen molar-refractivity contribution in [2.75, 3.05) is 13.1 Å². The first-order valence-corrected chi connectivity index (χ1v) is 3.86. The molecule has 0 saturated carbocycles. The van der Waals surface area contributed by atoms with E-state index in [-0.39, 0.29) is 6.54 Å². The van der Waals surface area contributed by atoms with Crippen LogP contribution >= 0.6 is 0 Å². The largest absolute Gasteiger partial charge is 0.405 e. The molecule has 0 aromatic rings. The van der Waals surface area contributed by atoms with Crippen LogP contribution in [-0.4, -0.2) is 30.8 Å².